The Bertz CT molecular complexity index is 630. The Morgan fingerprint density at radius 1 is 1.10 bits per heavy atom. The predicted molar refractivity (Wildman–Crippen MR) is 86.8 cm³/mol. The van der Waals surface area contributed by atoms with Gasteiger partial charge in [-0.15, -0.1) is 0 Å². The minimum absolute atomic E-state index is 0.288. The Labute approximate surface area is 133 Å². The van der Waals surface area contributed by atoms with E-state index in [0.29, 0.717) is 13.2 Å². The third-order valence-electron chi connectivity index (χ3n) is 3.57. The van der Waals surface area contributed by atoms with Crippen LogP contribution in [0, 0.1) is 0 Å². The molecule has 1 atom stereocenters. The second kappa shape index (κ2) is 6.50. The van der Waals surface area contributed by atoms with Gasteiger partial charge < -0.3 is 14.8 Å². The lowest BCUT2D eigenvalue weighted by molar-refractivity contribution is 0.171. The average Bonchev–Trinajstić information content (AvgIpc) is 2.52. The van der Waals surface area contributed by atoms with E-state index in [2.05, 4.69) is 58.5 Å². The molecule has 4 heteroatoms. The van der Waals surface area contributed by atoms with Crippen LogP contribution in [0.25, 0.3) is 0 Å². The molecule has 0 unspecified atom stereocenters. The quantitative estimate of drug-likeness (QED) is 0.904. The summed E-state index contributed by atoms with van der Waals surface area (Å²) in [7, 11) is 0. The molecule has 3 rings (SSSR count). The minimum Gasteiger partial charge on any atom is -0.486 e. The van der Waals surface area contributed by atoms with Crippen LogP contribution in [0.1, 0.15) is 24.1 Å². The van der Waals surface area contributed by atoms with Crippen molar-refractivity contribution in [2.75, 3.05) is 13.2 Å². The smallest absolute Gasteiger partial charge is 0.161 e. The van der Waals surface area contributed by atoms with Gasteiger partial charge in [-0.2, -0.15) is 0 Å². The van der Waals surface area contributed by atoms with Gasteiger partial charge in [0.05, 0.1) is 0 Å². The molecular weight excluding hydrogens is 330 g/mol. The highest BCUT2D eigenvalue weighted by molar-refractivity contribution is 9.10. The second-order valence-corrected chi connectivity index (χ2v) is 6.05. The number of fused-ring (bicyclic) bond motifs is 1. The molecule has 0 fully saturated rings. The highest BCUT2D eigenvalue weighted by atomic mass is 79.9. The number of ether oxygens (including phenoxy) is 2. The number of hydrogen-bond donors (Lipinski definition) is 1. The lowest BCUT2D eigenvalue weighted by Gasteiger charge is -2.20. The van der Waals surface area contributed by atoms with Crippen molar-refractivity contribution in [2.24, 2.45) is 0 Å². The van der Waals surface area contributed by atoms with Crippen LogP contribution in [-0.4, -0.2) is 13.2 Å². The van der Waals surface area contributed by atoms with Gasteiger partial charge in [0.1, 0.15) is 13.2 Å². The van der Waals surface area contributed by atoms with Gasteiger partial charge in [0.25, 0.3) is 0 Å². The van der Waals surface area contributed by atoms with Crippen molar-refractivity contribution in [2.45, 2.75) is 19.5 Å². The van der Waals surface area contributed by atoms with Crippen LogP contribution in [0.5, 0.6) is 11.5 Å². The summed E-state index contributed by atoms with van der Waals surface area (Å²) < 4.78 is 12.3. The first-order valence-electron chi connectivity index (χ1n) is 7.10. The van der Waals surface area contributed by atoms with E-state index in [0.717, 1.165) is 22.5 Å². The number of benzene rings is 2. The first-order chi connectivity index (χ1) is 10.2. The molecule has 1 aliphatic rings. The highest BCUT2D eigenvalue weighted by Gasteiger charge is 2.12. The number of nitrogens with one attached hydrogen (secondary N) is 1. The van der Waals surface area contributed by atoms with Crippen molar-refractivity contribution in [3.63, 3.8) is 0 Å². The Morgan fingerprint density at radius 2 is 1.90 bits per heavy atom. The molecule has 21 heavy (non-hydrogen) atoms. The summed E-state index contributed by atoms with van der Waals surface area (Å²) in [5, 5.41) is 3.53. The van der Waals surface area contributed by atoms with Crippen LogP contribution < -0.4 is 14.8 Å². The lowest BCUT2D eigenvalue weighted by Crippen LogP contribution is -2.19. The summed E-state index contributed by atoms with van der Waals surface area (Å²) in [6.45, 7) is 4.22. The molecule has 1 N–H and O–H groups in total. The summed E-state index contributed by atoms with van der Waals surface area (Å²) in [5.41, 5.74) is 2.46. The first kappa shape index (κ1) is 14.4. The topological polar surface area (TPSA) is 30.5 Å². The molecule has 1 aliphatic heterocycles. The monoisotopic (exact) mass is 347 g/mol. The Balaban J connectivity index is 1.64. The fourth-order valence-electron chi connectivity index (χ4n) is 2.36. The van der Waals surface area contributed by atoms with E-state index in [-0.39, 0.29) is 6.04 Å². The maximum absolute atomic E-state index is 5.61. The van der Waals surface area contributed by atoms with Gasteiger partial charge in [-0.3, -0.25) is 0 Å². The molecule has 2 aromatic rings. The van der Waals surface area contributed by atoms with Gasteiger partial charge in [-0.1, -0.05) is 34.1 Å². The van der Waals surface area contributed by atoms with Crippen molar-refractivity contribution >= 4 is 15.9 Å². The molecule has 0 amide bonds. The first-order valence-corrected chi connectivity index (χ1v) is 7.89. The lowest BCUT2D eigenvalue weighted by atomic mass is 10.1. The van der Waals surface area contributed by atoms with Gasteiger partial charge in [-0.05, 0) is 42.3 Å². The second-order valence-electron chi connectivity index (χ2n) is 5.14. The third-order valence-corrected chi connectivity index (χ3v) is 4.06. The molecule has 0 bridgehead atoms. The maximum Gasteiger partial charge on any atom is 0.161 e. The van der Waals surface area contributed by atoms with Crippen molar-refractivity contribution in [1.29, 1.82) is 0 Å². The summed E-state index contributed by atoms with van der Waals surface area (Å²) in [5.74, 6) is 1.68. The average molecular weight is 348 g/mol. The SMILES string of the molecule is C[C@@H](NCc1ccc2c(c1)OCCO2)c1cccc(Br)c1. The van der Waals surface area contributed by atoms with E-state index < -0.39 is 0 Å². The molecule has 0 aromatic heterocycles. The normalized spacial score (nSPS) is 14.8. The van der Waals surface area contributed by atoms with Crippen LogP contribution in [0.2, 0.25) is 0 Å². The molecule has 0 aliphatic carbocycles. The molecule has 1 heterocycles. The molecule has 0 saturated carbocycles. The summed E-state index contributed by atoms with van der Waals surface area (Å²) in [6, 6.07) is 14.8. The third kappa shape index (κ3) is 3.57. The van der Waals surface area contributed by atoms with Crippen molar-refractivity contribution in [3.8, 4) is 11.5 Å². The zero-order chi connectivity index (χ0) is 14.7. The van der Waals surface area contributed by atoms with Crippen LogP contribution in [0.4, 0.5) is 0 Å². The van der Waals surface area contributed by atoms with Crippen molar-refractivity contribution in [3.05, 3.63) is 58.1 Å². The van der Waals surface area contributed by atoms with E-state index in [1.54, 1.807) is 0 Å². The Kier molecular flexibility index (Phi) is 4.46. The highest BCUT2D eigenvalue weighted by Crippen LogP contribution is 2.30. The largest absolute Gasteiger partial charge is 0.486 e. The number of hydrogen-bond acceptors (Lipinski definition) is 3. The van der Waals surface area contributed by atoms with Gasteiger partial charge in [0, 0.05) is 17.1 Å². The number of rotatable bonds is 4. The summed E-state index contributed by atoms with van der Waals surface area (Å²) in [6.07, 6.45) is 0. The molecule has 0 radical (unpaired) electrons. The molecular formula is C17H18BrNO2. The maximum atomic E-state index is 5.61. The van der Waals surface area contributed by atoms with Crippen LogP contribution in [-0.2, 0) is 6.54 Å². The molecule has 2 aromatic carbocycles. The fourth-order valence-corrected chi connectivity index (χ4v) is 2.78. The number of halogens is 1. The van der Waals surface area contributed by atoms with Gasteiger partial charge in [0.15, 0.2) is 11.5 Å². The van der Waals surface area contributed by atoms with Crippen LogP contribution in [0.15, 0.2) is 46.9 Å². The van der Waals surface area contributed by atoms with Crippen molar-refractivity contribution < 1.29 is 9.47 Å². The molecule has 0 spiro atoms. The fraction of sp³-hybridized carbons (Fsp3) is 0.294. The van der Waals surface area contributed by atoms with E-state index in [4.69, 9.17) is 9.47 Å². The Morgan fingerprint density at radius 3 is 2.71 bits per heavy atom. The molecule has 3 nitrogen and oxygen atoms in total. The predicted octanol–water partition coefficient (Wildman–Crippen LogP) is 4.07. The van der Waals surface area contributed by atoms with Crippen LogP contribution in [0.3, 0.4) is 0 Å². The van der Waals surface area contributed by atoms with E-state index in [1.165, 1.54) is 11.1 Å². The van der Waals surface area contributed by atoms with E-state index >= 15 is 0 Å². The molecule has 110 valence electrons. The molecule has 0 saturated heterocycles. The Hall–Kier alpha value is -1.52. The zero-order valence-corrected chi connectivity index (χ0v) is 13.5. The van der Waals surface area contributed by atoms with Gasteiger partial charge >= 0.3 is 0 Å². The van der Waals surface area contributed by atoms with E-state index in [9.17, 15) is 0 Å². The minimum atomic E-state index is 0.288. The van der Waals surface area contributed by atoms with Crippen molar-refractivity contribution in [1.82, 2.24) is 5.32 Å². The summed E-state index contributed by atoms with van der Waals surface area (Å²) >= 11 is 3.51. The van der Waals surface area contributed by atoms with Crippen LogP contribution >= 0.6 is 15.9 Å². The van der Waals surface area contributed by atoms with Gasteiger partial charge in [-0.25, -0.2) is 0 Å². The van der Waals surface area contributed by atoms with E-state index in [1.807, 2.05) is 12.1 Å². The standard InChI is InChI=1S/C17H18BrNO2/c1-12(14-3-2-4-15(18)10-14)19-11-13-5-6-16-17(9-13)21-8-7-20-16/h2-6,9-10,12,19H,7-8,11H2,1H3/t12-/m1/s1. The zero-order valence-electron chi connectivity index (χ0n) is 11.9. The van der Waals surface area contributed by atoms with Gasteiger partial charge in [0.2, 0.25) is 0 Å². The summed E-state index contributed by atoms with van der Waals surface area (Å²) in [4.78, 5) is 0.